The molecule has 2 amide bonds. The summed E-state index contributed by atoms with van der Waals surface area (Å²) in [5, 5.41) is 12.7. The first kappa shape index (κ1) is 20.3. The Morgan fingerprint density at radius 2 is 2.07 bits per heavy atom. The van der Waals surface area contributed by atoms with Crippen LogP contribution in [0.25, 0.3) is 6.08 Å². The van der Waals surface area contributed by atoms with Crippen molar-refractivity contribution in [3.63, 3.8) is 0 Å². The van der Waals surface area contributed by atoms with E-state index in [4.69, 9.17) is 28.6 Å². The highest BCUT2D eigenvalue weighted by Crippen LogP contribution is 2.33. The predicted molar refractivity (Wildman–Crippen MR) is 115 cm³/mol. The maximum absolute atomic E-state index is 13.0. The van der Waals surface area contributed by atoms with Gasteiger partial charge in [0, 0.05) is 16.1 Å². The number of carbonyl (C=O) groups is 2. The van der Waals surface area contributed by atoms with Crippen LogP contribution >= 0.6 is 39.7 Å². The van der Waals surface area contributed by atoms with E-state index in [1.54, 1.807) is 30.3 Å². The first-order valence-electron chi connectivity index (χ1n) is 8.14. The molecule has 1 aliphatic heterocycles. The first-order chi connectivity index (χ1) is 13.3. The summed E-state index contributed by atoms with van der Waals surface area (Å²) >= 11 is 14.4. The molecule has 9 heteroatoms. The van der Waals surface area contributed by atoms with E-state index in [-0.39, 0.29) is 27.0 Å². The van der Waals surface area contributed by atoms with Gasteiger partial charge in [-0.05, 0) is 49.5 Å². The normalized spacial score (nSPS) is 15.8. The number of phenolic OH excluding ortho intramolecular Hbond substituents is 1. The number of amides is 2. The van der Waals surface area contributed by atoms with Crippen molar-refractivity contribution in [3.05, 3.63) is 57.0 Å². The molecular weight excluding hydrogens is 468 g/mol. The van der Waals surface area contributed by atoms with Crippen molar-refractivity contribution in [3.8, 4) is 11.5 Å². The number of anilines is 1. The second-order valence-electron chi connectivity index (χ2n) is 5.71. The average Bonchev–Trinajstić information content (AvgIpc) is 2.63. The zero-order chi connectivity index (χ0) is 20.4. The van der Waals surface area contributed by atoms with Gasteiger partial charge in [0.25, 0.3) is 11.8 Å². The molecule has 2 aromatic carbocycles. The Balaban J connectivity index is 2.05. The van der Waals surface area contributed by atoms with Crippen LogP contribution in [0.2, 0.25) is 5.02 Å². The molecular formula is C19H14BrClN2O4S. The number of benzene rings is 2. The lowest BCUT2D eigenvalue weighted by Gasteiger charge is -2.29. The standard InChI is InChI=1S/C19H14BrClN2O4S/c1-2-27-13-5-3-4-12(9-13)23-18(26)14(17(25)22-19(23)28)7-10-6-11(20)8-15(21)16(10)24/h3-9,24H,2H2,1H3,(H,22,25,28)/b14-7-. The molecule has 0 radical (unpaired) electrons. The summed E-state index contributed by atoms with van der Waals surface area (Å²) in [5.41, 5.74) is 0.469. The van der Waals surface area contributed by atoms with E-state index >= 15 is 0 Å². The third-order valence-corrected chi connectivity index (χ3v) is 4.88. The number of rotatable bonds is 4. The molecule has 2 N–H and O–H groups in total. The number of nitrogens with one attached hydrogen (secondary N) is 1. The van der Waals surface area contributed by atoms with E-state index < -0.39 is 11.8 Å². The van der Waals surface area contributed by atoms with Gasteiger partial charge >= 0.3 is 0 Å². The largest absolute Gasteiger partial charge is 0.506 e. The monoisotopic (exact) mass is 480 g/mol. The van der Waals surface area contributed by atoms with E-state index in [1.165, 1.54) is 17.0 Å². The molecule has 0 spiro atoms. The Hall–Kier alpha value is -2.42. The molecule has 144 valence electrons. The van der Waals surface area contributed by atoms with E-state index in [0.717, 1.165) is 0 Å². The number of thiocarbonyl (C=S) groups is 1. The van der Waals surface area contributed by atoms with E-state index in [2.05, 4.69) is 21.2 Å². The maximum Gasteiger partial charge on any atom is 0.270 e. The molecule has 3 rings (SSSR count). The molecule has 0 aromatic heterocycles. The summed E-state index contributed by atoms with van der Waals surface area (Å²) in [7, 11) is 0. The SMILES string of the molecule is CCOc1cccc(N2C(=O)/C(=C\c3cc(Br)cc(Cl)c3O)C(=O)NC2=S)c1. The Morgan fingerprint density at radius 1 is 1.32 bits per heavy atom. The fourth-order valence-electron chi connectivity index (χ4n) is 2.62. The summed E-state index contributed by atoms with van der Waals surface area (Å²) in [6.45, 7) is 2.31. The molecule has 0 atom stereocenters. The van der Waals surface area contributed by atoms with E-state index in [1.807, 2.05) is 6.92 Å². The molecule has 0 saturated carbocycles. The lowest BCUT2D eigenvalue weighted by molar-refractivity contribution is -0.122. The summed E-state index contributed by atoms with van der Waals surface area (Å²) in [6, 6.07) is 9.84. The highest BCUT2D eigenvalue weighted by molar-refractivity contribution is 9.10. The molecule has 0 unspecified atom stereocenters. The molecule has 1 aliphatic rings. The Labute approximate surface area is 179 Å². The topological polar surface area (TPSA) is 78.9 Å². The van der Waals surface area contributed by atoms with Crippen LogP contribution in [0.1, 0.15) is 12.5 Å². The van der Waals surface area contributed by atoms with Crippen LogP contribution in [-0.2, 0) is 9.59 Å². The fourth-order valence-corrected chi connectivity index (χ4v) is 3.74. The van der Waals surface area contributed by atoms with Crippen LogP contribution in [0.15, 0.2) is 46.4 Å². The molecule has 1 fully saturated rings. The Bertz CT molecular complexity index is 1020. The second kappa shape index (κ2) is 8.30. The van der Waals surface area contributed by atoms with Gasteiger partial charge in [0.05, 0.1) is 17.3 Å². The number of hydrogen-bond acceptors (Lipinski definition) is 5. The highest BCUT2D eigenvalue weighted by atomic mass is 79.9. The summed E-state index contributed by atoms with van der Waals surface area (Å²) in [5.74, 6) is -0.967. The molecule has 28 heavy (non-hydrogen) atoms. The number of carbonyl (C=O) groups excluding carboxylic acids is 2. The van der Waals surface area contributed by atoms with Crippen LogP contribution in [-0.4, -0.2) is 28.6 Å². The number of hydrogen-bond donors (Lipinski definition) is 2. The highest BCUT2D eigenvalue weighted by Gasteiger charge is 2.34. The van der Waals surface area contributed by atoms with Gasteiger partial charge in [-0.25, -0.2) is 0 Å². The van der Waals surface area contributed by atoms with Gasteiger partial charge in [-0.2, -0.15) is 0 Å². The van der Waals surface area contributed by atoms with Crippen molar-refractivity contribution in [1.29, 1.82) is 0 Å². The summed E-state index contributed by atoms with van der Waals surface area (Å²) < 4.78 is 6.04. The van der Waals surface area contributed by atoms with Gasteiger partial charge in [-0.3, -0.25) is 19.8 Å². The second-order valence-corrected chi connectivity index (χ2v) is 7.42. The smallest absolute Gasteiger partial charge is 0.270 e. The zero-order valence-electron chi connectivity index (χ0n) is 14.5. The summed E-state index contributed by atoms with van der Waals surface area (Å²) in [4.78, 5) is 26.6. The lowest BCUT2D eigenvalue weighted by Crippen LogP contribution is -2.54. The van der Waals surface area contributed by atoms with Gasteiger partial charge in [0.1, 0.15) is 17.1 Å². The minimum absolute atomic E-state index is 0.0442. The lowest BCUT2D eigenvalue weighted by atomic mass is 10.1. The molecule has 1 saturated heterocycles. The molecule has 1 heterocycles. The summed E-state index contributed by atoms with van der Waals surface area (Å²) in [6.07, 6.45) is 1.27. The van der Waals surface area contributed by atoms with E-state index in [0.29, 0.717) is 22.5 Å². The molecule has 6 nitrogen and oxygen atoms in total. The van der Waals surface area contributed by atoms with Crippen molar-refractivity contribution >= 4 is 68.4 Å². The van der Waals surface area contributed by atoms with Gasteiger partial charge in [0.2, 0.25) is 0 Å². The van der Waals surface area contributed by atoms with Crippen LogP contribution in [0.4, 0.5) is 5.69 Å². The first-order valence-corrected chi connectivity index (χ1v) is 9.72. The number of phenols is 1. The third-order valence-electron chi connectivity index (χ3n) is 3.85. The maximum atomic E-state index is 13.0. The molecule has 0 aliphatic carbocycles. The van der Waals surface area contributed by atoms with Crippen LogP contribution in [0.3, 0.4) is 0 Å². The van der Waals surface area contributed by atoms with Gasteiger partial charge in [0.15, 0.2) is 5.11 Å². The van der Waals surface area contributed by atoms with Crippen LogP contribution < -0.4 is 15.0 Å². The van der Waals surface area contributed by atoms with Crippen LogP contribution in [0, 0.1) is 0 Å². The molecule has 2 aromatic rings. The van der Waals surface area contributed by atoms with Crippen molar-refractivity contribution < 1.29 is 19.4 Å². The minimum atomic E-state index is -0.664. The van der Waals surface area contributed by atoms with Crippen molar-refractivity contribution in [1.82, 2.24) is 5.32 Å². The zero-order valence-corrected chi connectivity index (χ0v) is 17.7. The van der Waals surface area contributed by atoms with Gasteiger partial charge in [-0.1, -0.05) is 33.6 Å². The minimum Gasteiger partial charge on any atom is -0.506 e. The quantitative estimate of drug-likeness (QED) is 0.391. The predicted octanol–water partition coefficient (Wildman–Crippen LogP) is 4.04. The van der Waals surface area contributed by atoms with Gasteiger partial charge in [-0.15, -0.1) is 0 Å². The van der Waals surface area contributed by atoms with Crippen molar-refractivity contribution in [2.24, 2.45) is 0 Å². The number of nitrogens with zero attached hydrogens (tertiary/aromatic N) is 1. The number of aromatic hydroxyl groups is 1. The van der Waals surface area contributed by atoms with E-state index in [9.17, 15) is 14.7 Å². The van der Waals surface area contributed by atoms with Crippen molar-refractivity contribution in [2.45, 2.75) is 6.92 Å². The van der Waals surface area contributed by atoms with Crippen molar-refractivity contribution in [2.75, 3.05) is 11.5 Å². The Kier molecular flexibility index (Phi) is 6.02. The Morgan fingerprint density at radius 3 is 2.79 bits per heavy atom. The number of halogens is 2. The molecule has 0 bridgehead atoms. The van der Waals surface area contributed by atoms with Gasteiger partial charge < -0.3 is 9.84 Å². The average molecular weight is 482 g/mol. The number of ether oxygens (including phenoxy) is 1. The fraction of sp³-hybridized carbons (Fsp3) is 0.105. The third kappa shape index (κ3) is 4.04. The van der Waals surface area contributed by atoms with Crippen LogP contribution in [0.5, 0.6) is 11.5 Å².